The van der Waals surface area contributed by atoms with Crippen LogP contribution in [0.3, 0.4) is 0 Å². The number of carboxylic acid groups (broad SMARTS) is 1. The molecule has 12 heavy (non-hydrogen) atoms. The summed E-state index contributed by atoms with van der Waals surface area (Å²) >= 11 is 0. The highest BCUT2D eigenvalue weighted by molar-refractivity contribution is 5.82. The van der Waals surface area contributed by atoms with Crippen LogP contribution in [0.2, 0.25) is 0 Å². The number of nitrogens with zero attached hydrogens (tertiary/aromatic N) is 2. The van der Waals surface area contributed by atoms with E-state index in [1.165, 1.54) is 0 Å². The average Bonchev–Trinajstić information content (AvgIpc) is 2.34. The Hall–Kier alpha value is -1.39. The zero-order valence-electron chi connectivity index (χ0n) is 6.94. The van der Waals surface area contributed by atoms with E-state index in [-0.39, 0.29) is 5.82 Å². The molecular weight excluding hydrogens is 160 g/mol. The molecule has 0 bridgehead atoms. The van der Waals surface area contributed by atoms with E-state index in [9.17, 15) is 4.79 Å². The maximum absolute atomic E-state index is 10.3. The van der Waals surface area contributed by atoms with E-state index in [0.29, 0.717) is 18.2 Å². The van der Waals surface area contributed by atoms with Crippen molar-refractivity contribution in [1.82, 2.24) is 10.1 Å². The standard InChI is InChI=1S/C7H10N2O3/c1-4(2)3-5-8-6(7(10)11)9-12-5/h4H,3H2,1-2H3,(H,10,11). The molecule has 66 valence electrons. The second-order valence-electron chi connectivity index (χ2n) is 2.91. The van der Waals surface area contributed by atoms with Crippen LogP contribution in [0.5, 0.6) is 0 Å². The molecule has 1 rings (SSSR count). The van der Waals surface area contributed by atoms with Crippen LogP contribution in [-0.2, 0) is 6.42 Å². The first kappa shape index (κ1) is 8.70. The molecule has 1 aromatic heterocycles. The van der Waals surface area contributed by atoms with Crippen LogP contribution in [0.25, 0.3) is 0 Å². The van der Waals surface area contributed by atoms with Crippen molar-refractivity contribution in [2.45, 2.75) is 20.3 Å². The third-order valence-electron chi connectivity index (χ3n) is 1.24. The normalized spacial score (nSPS) is 10.6. The van der Waals surface area contributed by atoms with E-state index in [1.54, 1.807) is 0 Å². The zero-order chi connectivity index (χ0) is 9.14. The molecule has 0 aliphatic rings. The number of carboxylic acids is 1. The summed E-state index contributed by atoms with van der Waals surface area (Å²) in [5, 5.41) is 11.7. The van der Waals surface area contributed by atoms with Gasteiger partial charge in [-0.2, -0.15) is 4.98 Å². The monoisotopic (exact) mass is 170 g/mol. The summed E-state index contributed by atoms with van der Waals surface area (Å²) in [5.74, 6) is -0.672. The number of rotatable bonds is 3. The first-order chi connectivity index (χ1) is 5.59. The van der Waals surface area contributed by atoms with Crippen molar-refractivity contribution < 1.29 is 14.4 Å². The molecule has 0 radical (unpaired) electrons. The van der Waals surface area contributed by atoms with E-state index < -0.39 is 5.97 Å². The van der Waals surface area contributed by atoms with Gasteiger partial charge in [-0.1, -0.05) is 13.8 Å². The SMILES string of the molecule is CC(C)Cc1nc(C(=O)O)no1. The fourth-order valence-corrected chi connectivity index (χ4v) is 0.774. The van der Waals surface area contributed by atoms with Gasteiger partial charge < -0.3 is 9.63 Å². The predicted octanol–water partition coefficient (Wildman–Crippen LogP) is 0.966. The van der Waals surface area contributed by atoms with Gasteiger partial charge in [0.2, 0.25) is 5.89 Å². The van der Waals surface area contributed by atoms with Crippen molar-refractivity contribution >= 4 is 5.97 Å². The lowest BCUT2D eigenvalue weighted by molar-refractivity contribution is 0.0680. The van der Waals surface area contributed by atoms with Crippen molar-refractivity contribution in [3.63, 3.8) is 0 Å². The van der Waals surface area contributed by atoms with Crippen LogP contribution in [0, 0.1) is 5.92 Å². The highest BCUT2D eigenvalue weighted by Gasteiger charge is 2.12. The average molecular weight is 170 g/mol. The molecule has 0 amide bonds. The van der Waals surface area contributed by atoms with Crippen LogP contribution in [0.1, 0.15) is 30.4 Å². The third-order valence-corrected chi connectivity index (χ3v) is 1.24. The molecule has 0 aliphatic heterocycles. The van der Waals surface area contributed by atoms with E-state index in [1.807, 2.05) is 13.8 Å². The van der Waals surface area contributed by atoms with Crippen LogP contribution in [0.4, 0.5) is 0 Å². The molecule has 0 aromatic carbocycles. The summed E-state index contributed by atoms with van der Waals surface area (Å²) in [6.45, 7) is 3.98. The van der Waals surface area contributed by atoms with E-state index >= 15 is 0 Å². The second-order valence-corrected chi connectivity index (χ2v) is 2.91. The molecule has 5 heteroatoms. The number of hydrogen-bond acceptors (Lipinski definition) is 4. The first-order valence-electron chi connectivity index (χ1n) is 3.65. The molecule has 0 atom stereocenters. The number of aromatic nitrogens is 2. The Morgan fingerprint density at radius 1 is 1.67 bits per heavy atom. The number of hydrogen-bond donors (Lipinski definition) is 1. The van der Waals surface area contributed by atoms with Crippen molar-refractivity contribution in [2.75, 3.05) is 0 Å². The van der Waals surface area contributed by atoms with Gasteiger partial charge in [-0.05, 0) is 11.1 Å². The summed E-state index contributed by atoms with van der Waals surface area (Å²) < 4.78 is 4.69. The summed E-state index contributed by atoms with van der Waals surface area (Å²) in [5.41, 5.74) is 0. The van der Waals surface area contributed by atoms with Crippen molar-refractivity contribution in [2.24, 2.45) is 5.92 Å². The van der Waals surface area contributed by atoms with Crippen LogP contribution in [-0.4, -0.2) is 21.2 Å². The van der Waals surface area contributed by atoms with Crippen LogP contribution < -0.4 is 0 Å². The van der Waals surface area contributed by atoms with Gasteiger partial charge in [-0.15, -0.1) is 0 Å². The molecule has 0 unspecified atom stereocenters. The van der Waals surface area contributed by atoms with Gasteiger partial charge in [0.25, 0.3) is 5.82 Å². The fourth-order valence-electron chi connectivity index (χ4n) is 0.774. The minimum atomic E-state index is -1.16. The summed E-state index contributed by atoms with van der Waals surface area (Å²) in [4.78, 5) is 14.0. The Morgan fingerprint density at radius 2 is 2.33 bits per heavy atom. The topological polar surface area (TPSA) is 76.2 Å². The first-order valence-corrected chi connectivity index (χ1v) is 3.65. The lowest BCUT2D eigenvalue weighted by atomic mass is 10.1. The minimum absolute atomic E-state index is 0.273. The molecular formula is C7H10N2O3. The Bertz CT molecular complexity index is 280. The summed E-state index contributed by atoms with van der Waals surface area (Å²) in [7, 11) is 0. The minimum Gasteiger partial charge on any atom is -0.475 e. The molecule has 0 aliphatic carbocycles. The maximum Gasteiger partial charge on any atom is 0.377 e. The lowest BCUT2D eigenvalue weighted by Crippen LogP contribution is -2.00. The number of aromatic carboxylic acids is 1. The van der Waals surface area contributed by atoms with Gasteiger partial charge in [0.05, 0.1) is 0 Å². The molecule has 1 aromatic rings. The molecule has 0 fully saturated rings. The second kappa shape index (κ2) is 3.34. The molecule has 1 N–H and O–H groups in total. The van der Waals surface area contributed by atoms with E-state index in [2.05, 4.69) is 10.1 Å². The van der Waals surface area contributed by atoms with Crippen molar-refractivity contribution in [3.8, 4) is 0 Å². The van der Waals surface area contributed by atoms with Crippen molar-refractivity contribution in [3.05, 3.63) is 11.7 Å². The summed E-state index contributed by atoms with van der Waals surface area (Å²) in [6, 6.07) is 0. The quantitative estimate of drug-likeness (QED) is 0.731. The molecule has 0 saturated heterocycles. The Kier molecular flexibility index (Phi) is 2.42. The van der Waals surface area contributed by atoms with Crippen LogP contribution >= 0.6 is 0 Å². The maximum atomic E-state index is 10.3. The fraction of sp³-hybridized carbons (Fsp3) is 0.571. The predicted molar refractivity (Wildman–Crippen MR) is 39.8 cm³/mol. The smallest absolute Gasteiger partial charge is 0.377 e. The Morgan fingerprint density at radius 3 is 2.75 bits per heavy atom. The zero-order valence-corrected chi connectivity index (χ0v) is 6.94. The molecule has 0 spiro atoms. The summed E-state index contributed by atoms with van der Waals surface area (Å²) in [6.07, 6.45) is 0.611. The highest BCUT2D eigenvalue weighted by Crippen LogP contribution is 2.04. The lowest BCUT2D eigenvalue weighted by Gasteiger charge is -1.95. The van der Waals surface area contributed by atoms with Gasteiger partial charge in [0.1, 0.15) is 0 Å². The molecule has 1 heterocycles. The van der Waals surface area contributed by atoms with Gasteiger partial charge in [-0.25, -0.2) is 4.79 Å². The van der Waals surface area contributed by atoms with E-state index in [4.69, 9.17) is 9.63 Å². The van der Waals surface area contributed by atoms with E-state index in [0.717, 1.165) is 0 Å². The molecule has 0 saturated carbocycles. The highest BCUT2D eigenvalue weighted by atomic mass is 16.5. The Labute approximate surface area is 69.4 Å². The Balaban J connectivity index is 2.71. The van der Waals surface area contributed by atoms with Gasteiger partial charge in [-0.3, -0.25) is 0 Å². The van der Waals surface area contributed by atoms with Crippen LogP contribution in [0.15, 0.2) is 4.52 Å². The third kappa shape index (κ3) is 2.05. The van der Waals surface area contributed by atoms with Gasteiger partial charge in [0.15, 0.2) is 0 Å². The van der Waals surface area contributed by atoms with Gasteiger partial charge in [0, 0.05) is 6.42 Å². The number of carbonyl (C=O) groups is 1. The van der Waals surface area contributed by atoms with Gasteiger partial charge >= 0.3 is 5.97 Å². The van der Waals surface area contributed by atoms with Crippen molar-refractivity contribution in [1.29, 1.82) is 0 Å². The largest absolute Gasteiger partial charge is 0.475 e. The molecule has 5 nitrogen and oxygen atoms in total.